The number of fused-ring (bicyclic) bond motifs is 1. The summed E-state index contributed by atoms with van der Waals surface area (Å²) in [5, 5.41) is 1.89. The van der Waals surface area contributed by atoms with E-state index in [4.69, 9.17) is 4.99 Å². The second-order valence-electron chi connectivity index (χ2n) is 11.7. The van der Waals surface area contributed by atoms with Crippen LogP contribution in [0.25, 0.3) is 10.8 Å². The Kier molecular flexibility index (Phi) is 5.29. The van der Waals surface area contributed by atoms with Crippen molar-refractivity contribution in [1.29, 1.82) is 0 Å². The number of aliphatic imine (C=N–C) groups is 1. The molecule has 1 fully saturated rings. The first kappa shape index (κ1) is 24.7. The van der Waals surface area contributed by atoms with Crippen LogP contribution in [0.1, 0.15) is 28.2 Å². The number of hydrogen-bond donors (Lipinski definition) is 0. The van der Waals surface area contributed by atoms with Crippen molar-refractivity contribution in [2.45, 2.75) is 11.3 Å². The summed E-state index contributed by atoms with van der Waals surface area (Å²) in [6.07, 6.45) is 1.96. The second-order valence-corrected chi connectivity index (χ2v) is 11.7. The molecule has 5 nitrogen and oxygen atoms in total. The molecule has 5 aromatic carbocycles. The Morgan fingerprint density at radius 3 is 2.02 bits per heavy atom. The van der Waals surface area contributed by atoms with Crippen LogP contribution in [-0.4, -0.2) is 32.1 Å². The number of benzene rings is 5. The molecule has 1 aliphatic heterocycles. The van der Waals surface area contributed by atoms with Gasteiger partial charge in [0.1, 0.15) is 0 Å². The molecule has 1 saturated heterocycles. The molecular weight excluding hydrogens is 518 g/mol. The number of carbonyl (C=O) groups excluding carboxylic acids is 2. The molecule has 0 N–H and O–H groups in total. The number of hydrogen-bond acceptors (Lipinski definition) is 4. The summed E-state index contributed by atoms with van der Waals surface area (Å²) >= 11 is 0. The first-order valence-corrected chi connectivity index (χ1v) is 14.4. The molecule has 2 amide bonds. The summed E-state index contributed by atoms with van der Waals surface area (Å²) in [7, 11) is 4.02. The van der Waals surface area contributed by atoms with Crippen molar-refractivity contribution in [1.82, 2.24) is 0 Å². The van der Waals surface area contributed by atoms with Gasteiger partial charge in [-0.25, -0.2) is 4.90 Å². The molecule has 0 unspecified atom stereocenters. The van der Waals surface area contributed by atoms with Gasteiger partial charge in [0.05, 0.1) is 28.6 Å². The molecule has 4 aliphatic rings. The normalized spacial score (nSPS) is 23.8. The van der Waals surface area contributed by atoms with Crippen molar-refractivity contribution in [3.63, 3.8) is 0 Å². The second kappa shape index (κ2) is 8.98. The van der Waals surface area contributed by atoms with Crippen LogP contribution in [-0.2, 0) is 15.0 Å². The third-order valence-electron chi connectivity index (χ3n) is 9.47. The monoisotopic (exact) mass is 547 g/mol. The third kappa shape index (κ3) is 3.22. The molecule has 2 atom stereocenters. The van der Waals surface area contributed by atoms with Crippen molar-refractivity contribution in [2.24, 2.45) is 16.8 Å². The zero-order valence-electron chi connectivity index (χ0n) is 23.4. The van der Waals surface area contributed by atoms with Gasteiger partial charge in [0, 0.05) is 37.3 Å². The molecule has 9 rings (SSSR count). The van der Waals surface area contributed by atoms with E-state index in [1.165, 1.54) is 4.90 Å². The van der Waals surface area contributed by atoms with Gasteiger partial charge >= 0.3 is 0 Å². The van der Waals surface area contributed by atoms with Crippen molar-refractivity contribution < 1.29 is 9.59 Å². The Morgan fingerprint density at radius 1 is 0.714 bits per heavy atom. The maximum Gasteiger partial charge on any atom is 0.239 e. The maximum absolute atomic E-state index is 14.8. The van der Waals surface area contributed by atoms with Crippen molar-refractivity contribution in [2.75, 3.05) is 23.9 Å². The molecule has 0 aromatic heterocycles. The fourth-order valence-corrected chi connectivity index (χ4v) is 7.70. The smallest absolute Gasteiger partial charge is 0.239 e. The number of nitrogens with zero attached hydrogens (tertiary/aromatic N) is 3. The average Bonchev–Trinajstić information content (AvgIpc) is 3.30. The van der Waals surface area contributed by atoms with Crippen LogP contribution in [0.2, 0.25) is 0 Å². The first-order chi connectivity index (χ1) is 20.5. The Labute approximate surface area is 244 Å². The van der Waals surface area contributed by atoms with Crippen molar-refractivity contribution in [3.8, 4) is 0 Å². The van der Waals surface area contributed by atoms with Crippen LogP contribution in [0, 0.1) is 11.8 Å². The fourth-order valence-electron chi connectivity index (χ4n) is 7.70. The van der Waals surface area contributed by atoms with E-state index >= 15 is 0 Å². The fraction of sp³-hybridized carbons (Fsp3) is 0.162. The number of carbonyl (C=O) groups is 2. The lowest BCUT2D eigenvalue weighted by atomic mass is 9.47. The highest BCUT2D eigenvalue weighted by Crippen LogP contribution is 2.64. The van der Waals surface area contributed by atoms with Gasteiger partial charge in [-0.15, -0.1) is 0 Å². The Bertz CT molecular complexity index is 1890. The van der Waals surface area contributed by atoms with Crippen LogP contribution >= 0.6 is 0 Å². The zero-order chi connectivity index (χ0) is 28.6. The minimum atomic E-state index is -0.890. The standard InChI is InChI=1S/C37H29N3O2/c1-39(2)25-20-18-24(19-21-25)38-22-37-29-15-7-5-13-27(29)32(28-14-6-8-16-30(28)37)33-34(37)36(42)40(35(33)41)31-17-9-11-23-10-3-4-12-26(23)31/h3-22,32-34H,1-2H3/t32?,33-,34-,37?/m0/s1. The minimum Gasteiger partial charge on any atom is -0.378 e. The van der Waals surface area contributed by atoms with Crippen molar-refractivity contribution in [3.05, 3.63) is 138 Å². The van der Waals surface area contributed by atoms with E-state index in [9.17, 15) is 9.59 Å². The Hall–Kier alpha value is -5.03. The Balaban J connectivity index is 1.37. The van der Waals surface area contributed by atoms with Gasteiger partial charge in [0.15, 0.2) is 0 Å². The molecule has 3 aliphatic carbocycles. The van der Waals surface area contributed by atoms with Crippen LogP contribution < -0.4 is 9.80 Å². The lowest BCUT2D eigenvalue weighted by Crippen LogP contribution is -2.54. The quantitative estimate of drug-likeness (QED) is 0.183. The summed E-state index contributed by atoms with van der Waals surface area (Å²) in [5.74, 6) is -1.63. The highest BCUT2D eigenvalue weighted by atomic mass is 16.2. The number of anilines is 2. The van der Waals surface area contributed by atoms with E-state index in [-0.39, 0.29) is 17.7 Å². The lowest BCUT2D eigenvalue weighted by molar-refractivity contribution is -0.122. The van der Waals surface area contributed by atoms with Gasteiger partial charge in [0.2, 0.25) is 11.8 Å². The van der Waals surface area contributed by atoms with Crippen LogP contribution in [0.5, 0.6) is 0 Å². The molecule has 204 valence electrons. The summed E-state index contributed by atoms with van der Waals surface area (Å²) in [6.45, 7) is 0. The first-order valence-electron chi connectivity index (χ1n) is 14.4. The minimum absolute atomic E-state index is 0.136. The topological polar surface area (TPSA) is 53.0 Å². The number of imide groups is 1. The summed E-state index contributed by atoms with van der Waals surface area (Å²) in [5.41, 5.74) is 5.98. The van der Waals surface area contributed by atoms with Crippen LogP contribution in [0.4, 0.5) is 17.1 Å². The molecule has 1 heterocycles. The highest BCUT2D eigenvalue weighted by molar-refractivity contribution is 6.27. The zero-order valence-corrected chi connectivity index (χ0v) is 23.4. The predicted molar refractivity (Wildman–Crippen MR) is 168 cm³/mol. The highest BCUT2D eigenvalue weighted by Gasteiger charge is 2.68. The average molecular weight is 548 g/mol. The van der Waals surface area contributed by atoms with Gasteiger partial charge in [-0.3, -0.25) is 14.6 Å². The van der Waals surface area contributed by atoms with E-state index < -0.39 is 17.3 Å². The van der Waals surface area contributed by atoms with Gasteiger partial charge in [-0.05, 0) is 58.0 Å². The van der Waals surface area contributed by atoms with Crippen molar-refractivity contribution >= 4 is 45.9 Å². The Morgan fingerprint density at radius 2 is 1.33 bits per heavy atom. The van der Waals surface area contributed by atoms with Crippen LogP contribution in [0.15, 0.2) is 120 Å². The summed E-state index contributed by atoms with van der Waals surface area (Å²) in [6, 6.07) is 38.5. The van der Waals surface area contributed by atoms with Gasteiger partial charge in [0.25, 0.3) is 0 Å². The predicted octanol–water partition coefficient (Wildman–Crippen LogP) is 6.86. The van der Waals surface area contributed by atoms with Gasteiger partial charge in [-0.1, -0.05) is 84.9 Å². The lowest BCUT2D eigenvalue weighted by Gasteiger charge is -2.52. The van der Waals surface area contributed by atoms with E-state index in [1.54, 1.807) is 0 Å². The number of rotatable bonds is 4. The van der Waals surface area contributed by atoms with E-state index in [2.05, 4.69) is 29.2 Å². The van der Waals surface area contributed by atoms with Gasteiger partial charge < -0.3 is 4.90 Å². The molecule has 0 saturated carbocycles. The molecule has 5 heteroatoms. The summed E-state index contributed by atoms with van der Waals surface area (Å²) in [4.78, 5) is 37.9. The molecule has 2 bridgehead atoms. The van der Waals surface area contributed by atoms with E-state index in [0.29, 0.717) is 5.69 Å². The molecular formula is C37H29N3O2. The molecule has 0 radical (unpaired) electrons. The van der Waals surface area contributed by atoms with Crippen LogP contribution in [0.3, 0.4) is 0 Å². The van der Waals surface area contributed by atoms with E-state index in [1.807, 2.05) is 111 Å². The van der Waals surface area contributed by atoms with E-state index in [0.717, 1.165) is 44.4 Å². The molecule has 42 heavy (non-hydrogen) atoms. The third-order valence-corrected chi connectivity index (χ3v) is 9.47. The molecule has 5 aromatic rings. The maximum atomic E-state index is 14.8. The SMILES string of the molecule is CN(C)c1ccc(N=CC23c4ccccc4C(c4ccccc42)[C@@H]2C(=O)N(c4cccc5ccccc45)C(=O)[C@H]23)cc1. The molecule has 0 spiro atoms. The summed E-state index contributed by atoms with van der Waals surface area (Å²) < 4.78 is 0. The largest absolute Gasteiger partial charge is 0.378 e. The van der Waals surface area contributed by atoms with Gasteiger partial charge in [-0.2, -0.15) is 0 Å². The number of amides is 2.